The number of hydrogen-bond acceptors (Lipinski definition) is 2. The third-order valence-corrected chi connectivity index (χ3v) is 1.80. The molecule has 0 spiro atoms. The van der Waals surface area contributed by atoms with Crippen LogP contribution in [0.4, 0.5) is 0 Å². The van der Waals surface area contributed by atoms with E-state index in [0.717, 1.165) is 19.4 Å². The predicted molar refractivity (Wildman–Crippen MR) is 78.4 cm³/mol. The molecular formula is C10H25ClLiN5. The van der Waals surface area contributed by atoms with Gasteiger partial charge < -0.3 is 11.1 Å². The molecule has 0 aromatic heterocycles. The predicted octanol–water partition coefficient (Wildman–Crippen LogP) is 1.59. The van der Waals surface area contributed by atoms with E-state index < -0.39 is 0 Å². The van der Waals surface area contributed by atoms with Gasteiger partial charge >= 0.3 is 42.6 Å². The zero-order valence-electron chi connectivity index (χ0n) is 11.2. The summed E-state index contributed by atoms with van der Waals surface area (Å²) < 4.78 is 0. The van der Waals surface area contributed by atoms with Crippen molar-refractivity contribution in [3.05, 3.63) is 0 Å². The average molecular weight is 258 g/mol. The Hall–Kier alpha value is -0.373. The summed E-state index contributed by atoms with van der Waals surface area (Å²) in [6.07, 6.45) is 4.83. The van der Waals surface area contributed by atoms with E-state index in [1.807, 2.05) is 0 Å². The van der Waals surface area contributed by atoms with Gasteiger partial charge in [0, 0.05) is 6.54 Å². The van der Waals surface area contributed by atoms with Crippen LogP contribution in [-0.4, -0.2) is 36.2 Å². The van der Waals surface area contributed by atoms with Gasteiger partial charge in [-0.25, -0.2) is 0 Å². The van der Waals surface area contributed by atoms with Crippen LogP contribution in [0.2, 0.25) is 5.09 Å². The van der Waals surface area contributed by atoms with Gasteiger partial charge in [-0.2, -0.15) is 0 Å². The molecule has 0 amide bonds. The van der Waals surface area contributed by atoms with Crippen LogP contribution in [0.25, 0.3) is 0 Å². The molecule has 0 aromatic rings. The van der Waals surface area contributed by atoms with Gasteiger partial charge in [0.1, 0.15) is 0 Å². The van der Waals surface area contributed by atoms with Gasteiger partial charge in [0.25, 0.3) is 0 Å². The van der Waals surface area contributed by atoms with Crippen LogP contribution in [0.15, 0.2) is 0 Å². The molecule has 7 heteroatoms. The van der Waals surface area contributed by atoms with E-state index in [1.165, 1.54) is 17.9 Å². The molecule has 0 aliphatic carbocycles. The Morgan fingerprint density at radius 2 is 1.71 bits per heavy atom. The Morgan fingerprint density at radius 3 is 2.00 bits per heavy atom. The SMILES string of the molecule is CCCCNC(=N)NC(=N)N.Cl.[Li][CH2]CCC. The van der Waals surface area contributed by atoms with Crippen LogP contribution < -0.4 is 16.4 Å². The Bertz CT molecular complexity index is 188. The summed E-state index contributed by atoms with van der Waals surface area (Å²) in [4.78, 5) is 0. The third kappa shape index (κ3) is 25.7. The molecule has 17 heavy (non-hydrogen) atoms. The maximum atomic E-state index is 7.15. The second kappa shape index (κ2) is 18.0. The minimum absolute atomic E-state index is 0. The van der Waals surface area contributed by atoms with Crippen molar-refractivity contribution in [2.24, 2.45) is 5.73 Å². The summed E-state index contributed by atoms with van der Waals surface area (Å²) in [5, 5.41) is 20.4. The van der Waals surface area contributed by atoms with Crippen LogP contribution in [0.5, 0.6) is 0 Å². The van der Waals surface area contributed by atoms with E-state index in [4.69, 9.17) is 16.6 Å². The van der Waals surface area contributed by atoms with Gasteiger partial charge in [-0.05, 0) is 6.42 Å². The monoisotopic (exact) mass is 257 g/mol. The van der Waals surface area contributed by atoms with E-state index >= 15 is 0 Å². The van der Waals surface area contributed by atoms with Crippen molar-refractivity contribution in [3.63, 3.8) is 0 Å². The first-order chi connectivity index (χ1) is 7.58. The molecule has 0 saturated carbocycles. The molecule has 6 N–H and O–H groups in total. The normalized spacial score (nSPS) is 8.24. The van der Waals surface area contributed by atoms with Crippen LogP contribution in [0.1, 0.15) is 39.5 Å². The molecule has 0 aliphatic rings. The fourth-order valence-electron chi connectivity index (χ4n) is 0.923. The fraction of sp³-hybridized carbons (Fsp3) is 0.800. The van der Waals surface area contributed by atoms with Crippen molar-refractivity contribution in [1.29, 1.82) is 10.8 Å². The van der Waals surface area contributed by atoms with Crippen LogP contribution >= 0.6 is 12.4 Å². The standard InChI is InChI=1S/C6H15N5.C4H9.ClH.Li/c1-2-3-4-10-6(9)11-5(7)8;1-3-4-2;;/h2-4H2,1H3,(H6,7,8,9,10,11);1,3-4H2,2H3;1H;. The number of guanidine groups is 2. The quantitative estimate of drug-likeness (QED) is 0.224. The van der Waals surface area contributed by atoms with Crippen molar-refractivity contribution in [3.8, 4) is 0 Å². The topological polar surface area (TPSA) is 97.8 Å². The molecule has 0 rings (SSSR count). The van der Waals surface area contributed by atoms with Crippen molar-refractivity contribution in [1.82, 2.24) is 10.6 Å². The molecule has 98 valence electrons. The maximum absolute atomic E-state index is 7.15. The van der Waals surface area contributed by atoms with Gasteiger partial charge in [-0.15, -0.1) is 12.4 Å². The number of hydrogen-bond donors (Lipinski definition) is 5. The van der Waals surface area contributed by atoms with Crippen molar-refractivity contribution >= 4 is 42.0 Å². The number of nitrogens with two attached hydrogens (primary N) is 1. The Morgan fingerprint density at radius 1 is 1.18 bits per heavy atom. The Labute approximate surface area is 120 Å². The minimum atomic E-state index is -0.209. The van der Waals surface area contributed by atoms with Gasteiger partial charge in [0.15, 0.2) is 11.9 Å². The van der Waals surface area contributed by atoms with Crippen LogP contribution in [0, 0.1) is 10.8 Å². The van der Waals surface area contributed by atoms with Gasteiger partial charge in [0.2, 0.25) is 0 Å². The van der Waals surface area contributed by atoms with E-state index in [2.05, 4.69) is 42.2 Å². The second-order valence-electron chi connectivity index (χ2n) is 3.55. The van der Waals surface area contributed by atoms with Gasteiger partial charge in [-0.1, -0.05) is 13.3 Å². The number of halogens is 1. The molecule has 0 unspecified atom stereocenters. The first kappa shape index (κ1) is 21.9. The van der Waals surface area contributed by atoms with Crippen LogP contribution in [0.3, 0.4) is 0 Å². The molecule has 0 heterocycles. The van der Waals surface area contributed by atoms with E-state index in [-0.39, 0.29) is 24.3 Å². The van der Waals surface area contributed by atoms with E-state index in [1.54, 1.807) is 0 Å². The van der Waals surface area contributed by atoms with Gasteiger partial charge in [-0.3, -0.25) is 16.1 Å². The van der Waals surface area contributed by atoms with E-state index in [9.17, 15) is 0 Å². The summed E-state index contributed by atoms with van der Waals surface area (Å²) >= 11 is 2.21. The summed E-state index contributed by atoms with van der Waals surface area (Å²) in [7, 11) is 0. The Balaban J connectivity index is -0.000000280. The summed E-state index contributed by atoms with van der Waals surface area (Å²) in [5.41, 5.74) is 4.99. The summed E-state index contributed by atoms with van der Waals surface area (Å²) in [6, 6.07) is 0. The number of nitrogens with one attached hydrogen (secondary N) is 4. The third-order valence-electron chi connectivity index (χ3n) is 1.80. The zero-order chi connectivity index (χ0) is 12.8. The molecule has 0 radical (unpaired) electrons. The van der Waals surface area contributed by atoms with E-state index in [0.29, 0.717) is 0 Å². The zero-order valence-corrected chi connectivity index (χ0v) is 12.0. The molecule has 0 aromatic carbocycles. The molecule has 0 saturated heterocycles. The molecule has 5 nitrogen and oxygen atoms in total. The molecule has 0 aliphatic heterocycles. The Kier molecular flexibility index (Phi) is 23.2. The first-order valence-corrected chi connectivity index (χ1v) is 6.01. The van der Waals surface area contributed by atoms with Crippen molar-refractivity contribution in [2.45, 2.75) is 44.6 Å². The molecule has 0 fully saturated rings. The molecule has 0 bridgehead atoms. The number of unbranched alkanes of at least 4 members (excludes halogenated alkanes) is 2. The van der Waals surface area contributed by atoms with Gasteiger partial charge in [0.05, 0.1) is 0 Å². The molecular weight excluding hydrogens is 233 g/mol. The van der Waals surface area contributed by atoms with Crippen molar-refractivity contribution in [2.75, 3.05) is 6.54 Å². The first-order valence-electron chi connectivity index (χ1n) is 6.01. The molecule has 0 atom stereocenters. The summed E-state index contributed by atoms with van der Waals surface area (Å²) in [5.74, 6) is -0.120. The summed E-state index contributed by atoms with van der Waals surface area (Å²) in [6.45, 7) is 5.03. The second-order valence-corrected chi connectivity index (χ2v) is 3.55. The fourth-order valence-corrected chi connectivity index (χ4v) is 0.923. The van der Waals surface area contributed by atoms with Crippen molar-refractivity contribution < 1.29 is 0 Å². The van der Waals surface area contributed by atoms with Crippen LogP contribution in [-0.2, 0) is 0 Å². The number of rotatable bonds is 5. The average Bonchev–Trinajstić information content (AvgIpc) is 2.19.